The standard InChI is InChI=1S/C24H23Cl2FN2O5/c1-12-4-14-18(30)7-20(34-19(14)6-16(12)26)22(32)29-24-9-23(10-24,11-24)28-21(31)8-33-13-2-3-15(25)17(27)5-13/h2-6,18,20,30H,7-11H2,1H3,(H,28,31)(H,29,32)/t18-,20-,23?,24?/m0/s1. The van der Waals surface area contributed by atoms with Gasteiger partial charge in [-0.2, -0.15) is 0 Å². The van der Waals surface area contributed by atoms with E-state index in [2.05, 4.69) is 10.6 Å². The lowest BCUT2D eigenvalue weighted by Gasteiger charge is -2.70. The van der Waals surface area contributed by atoms with E-state index in [4.69, 9.17) is 32.7 Å². The van der Waals surface area contributed by atoms with E-state index in [0.717, 1.165) is 11.6 Å². The van der Waals surface area contributed by atoms with E-state index in [1.807, 2.05) is 6.92 Å². The average molecular weight is 509 g/mol. The summed E-state index contributed by atoms with van der Waals surface area (Å²) in [6, 6.07) is 7.38. The summed E-state index contributed by atoms with van der Waals surface area (Å²) in [6.45, 7) is 1.59. The van der Waals surface area contributed by atoms with Gasteiger partial charge in [-0.1, -0.05) is 23.2 Å². The molecule has 3 saturated carbocycles. The molecule has 7 nitrogen and oxygen atoms in total. The molecule has 3 aliphatic carbocycles. The van der Waals surface area contributed by atoms with E-state index in [1.165, 1.54) is 12.1 Å². The molecular formula is C24H23Cl2FN2O5. The van der Waals surface area contributed by atoms with Gasteiger partial charge < -0.3 is 25.2 Å². The molecule has 0 spiro atoms. The number of amides is 2. The van der Waals surface area contributed by atoms with Gasteiger partial charge in [-0.05, 0) is 56.0 Å². The Kier molecular flexibility index (Phi) is 5.66. The number of ether oxygens (including phenoxy) is 2. The minimum atomic E-state index is -0.825. The SMILES string of the molecule is Cc1cc2c(cc1Cl)O[C@H](C(=O)NC13CC(NC(=O)COc4ccc(Cl)c(F)c4)(C1)C3)C[C@@H]2O. The van der Waals surface area contributed by atoms with Gasteiger partial charge in [0.2, 0.25) is 0 Å². The number of benzene rings is 2. The monoisotopic (exact) mass is 508 g/mol. The lowest BCUT2D eigenvalue weighted by Crippen LogP contribution is -2.84. The van der Waals surface area contributed by atoms with Gasteiger partial charge in [0.15, 0.2) is 12.7 Å². The molecule has 180 valence electrons. The van der Waals surface area contributed by atoms with Crippen molar-refractivity contribution in [2.45, 2.75) is 55.9 Å². The third-order valence-electron chi connectivity index (χ3n) is 6.73. The van der Waals surface area contributed by atoms with Crippen molar-refractivity contribution in [2.24, 2.45) is 0 Å². The van der Waals surface area contributed by atoms with Crippen LogP contribution in [0.25, 0.3) is 0 Å². The van der Waals surface area contributed by atoms with E-state index in [1.54, 1.807) is 12.1 Å². The fourth-order valence-electron chi connectivity index (χ4n) is 5.18. The molecule has 2 bridgehead atoms. The smallest absolute Gasteiger partial charge is 0.261 e. The van der Waals surface area contributed by atoms with Gasteiger partial charge in [-0.25, -0.2) is 4.39 Å². The number of nitrogens with one attached hydrogen (secondary N) is 2. The van der Waals surface area contributed by atoms with Gasteiger partial charge in [0.25, 0.3) is 11.8 Å². The number of carbonyl (C=O) groups excluding carboxylic acids is 2. The molecule has 0 saturated heterocycles. The van der Waals surface area contributed by atoms with Crippen molar-refractivity contribution in [2.75, 3.05) is 6.61 Å². The van der Waals surface area contributed by atoms with Crippen LogP contribution in [0.4, 0.5) is 4.39 Å². The van der Waals surface area contributed by atoms with E-state index in [9.17, 15) is 19.1 Å². The minimum Gasteiger partial charge on any atom is -0.484 e. The van der Waals surface area contributed by atoms with Crippen molar-refractivity contribution in [1.82, 2.24) is 10.6 Å². The first-order chi connectivity index (χ1) is 16.1. The van der Waals surface area contributed by atoms with Crippen LogP contribution in [0.15, 0.2) is 30.3 Å². The zero-order valence-corrected chi connectivity index (χ0v) is 19.8. The number of fused-ring (bicyclic) bond motifs is 1. The molecule has 6 rings (SSSR count). The normalized spacial score (nSPS) is 28.5. The highest BCUT2D eigenvalue weighted by atomic mass is 35.5. The van der Waals surface area contributed by atoms with Crippen LogP contribution in [0.2, 0.25) is 10.0 Å². The average Bonchev–Trinajstić information content (AvgIpc) is 2.73. The second-order valence-corrected chi connectivity index (χ2v) is 10.3. The number of hydrogen-bond acceptors (Lipinski definition) is 5. The van der Waals surface area contributed by atoms with Crippen LogP contribution < -0.4 is 20.1 Å². The highest BCUT2D eigenvalue weighted by Crippen LogP contribution is 2.60. The molecule has 0 radical (unpaired) electrons. The van der Waals surface area contributed by atoms with Gasteiger partial charge in [-0.3, -0.25) is 9.59 Å². The van der Waals surface area contributed by atoms with Gasteiger partial charge in [0.05, 0.1) is 11.1 Å². The van der Waals surface area contributed by atoms with Crippen LogP contribution in [0.5, 0.6) is 11.5 Å². The first-order valence-electron chi connectivity index (χ1n) is 10.9. The minimum absolute atomic E-state index is 0.0192. The third kappa shape index (κ3) is 4.19. The lowest BCUT2D eigenvalue weighted by atomic mass is 9.44. The van der Waals surface area contributed by atoms with Crippen molar-refractivity contribution < 1.29 is 28.6 Å². The predicted molar refractivity (Wildman–Crippen MR) is 123 cm³/mol. The number of carbonyl (C=O) groups is 2. The van der Waals surface area contributed by atoms with Crippen LogP contribution in [0.1, 0.15) is 42.9 Å². The maximum atomic E-state index is 13.5. The number of aliphatic hydroxyl groups excluding tert-OH is 1. The van der Waals surface area contributed by atoms with Crippen LogP contribution in [0.3, 0.4) is 0 Å². The van der Waals surface area contributed by atoms with Gasteiger partial charge >= 0.3 is 0 Å². The zero-order valence-electron chi connectivity index (χ0n) is 18.3. The number of halogens is 3. The molecule has 3 fully saturated rings. The quantitative estimate of drug-likeness (QED) is 0.553. The highest BCUT2D eigenvalue weighted by Gasteiger charge is 2.69. The Balaban J connectivity index is 1.11. The van der Waals surface area contributed by atoms with Gasteiger partial charge in [-0.15, -0.1) is 0 Å². The summed E-state index contributed by atoms with van der Waals surface area (Å²) in [4.78, 5) is 25.1. The summed E-state index contributed by atoms with van der Waals surface area (Å²) in [6.07, 6.45) is 0.315. The number of hydrogen-bond donors (Lipinski definition) is 3. The van der Waals surface area contributed by atoms with E-state index in [-0.39, 0.29) is 46.7 Å². The molecule has 0 unspecified atom stereocenters. The summed E-state index contributed by atoms with van der Waals surface area (Å²) in [7, 11) is 0. The topological polar surface area (TPSA) is 96.9 Å². The second kappa shape index (κ2) is 8.29. The molecular weight excluding hydrogens is 486 g/mol. The van der Waals surface area contributed by atoms with Crippen LogP contribution >= 0.6 is 23.2 Å². The van der Waals surface area contributed by atoms with Gasteiger partial charge in [0, 0.05) is 34.2 Å². The Morgan fingerprint density at radius 2 is 1.85 bits per heavy atom. The number of aliphatic hydroxyl groups is 1. The van der Waals surface area contributed by atoms with Gasteiger partial charge in [0.1, 0.15) is 17.3 Å². The highest BCUT2D eigenvalue weighted by molar-refractivity contribution is 6.31. The molecule has 34 heavy (non-hydrogen) atoms. The van der Waals surface area contributed by atoms with Crippen molar-refractivity contribution in [3.05, 3.63) is 57.3 Å². The summed E-state index contributed by atoms with van der Waals surface area (Å²) in [5.74, 6) is -0.609. The number of aryl methyl sites for hydroxylation is 1. The zero-order chi connectivity index (χ0) is 24.3. The maximum Gasteiger partial charge on any atom is 0.261 e. The Bertz CT molecular complexity index is 1170. The van der Waals surface area contributed by atoms with Crippen molar-refractivity contribution in [3.8, 4) is 11.5 Å². The molecule has 0 aromatic heterocycles. The van der Waals surface area contributed by atoms with Crippen LogP contribution in [0, 0.1) is 12.7 Å². The first kappa shape index (κ1) is 23.2. The lowest BCUT2D eigenvalue weighted by molar-refractivity contribution is -0.155. The summed E-state index contributed by atoms with van der Waals surface area (Å²) < 4.78 is 24.6. The molecule has 1 aliphatic heterocycles. The summed E-state index contributed by atoms with van der Waals surface area (Å²) >= 11 is 11.8. The Hall–Kier alpha value is -2.55. The van der Waals surface area contributed by atoms with E-state index < -0.39 is 18.0 Å². The molecule has 4 aliphatic rings. The van der Waals surface area contributed by atoms with Crippen LogP contribution in [-0.4, -0.2) is 40.7 Å². The molecule has 2 atom stereocenters. The van der Waals surface area contributed by atoms with Crippen LogP contribution in [-0.2, 0) is 9.59 Å². The predicted octanol–water partition coefficient (Wildman–Crippen LogP) is 3.61. The Morgan fingerprint density at radius 1 is 1.15 bits per heavy atom. The van der Waals surface area contributed by atoms with Crippen molar-refractivity contribution in [3.63, 3.8) is 0 Å². The first-order valence-corrected chi connectivity index (χ1v) is 11.7. The molecule has 10 heteroatoms. The Morgan fingerprint density at radius 3 is 2.56 bits per heavy atom. The molecule has 2 aromatic carbocycles. The largest absolute Gasteiger partial charge is 0.484 e. The number of rotatable bonds is 6. The van der Waals surface area contributed by atoms with Crippen molar-refractivity contribution >= 4 is 35.0 Å². The fourth-order valence-corrected chi connectivity index (χ4v) is 5.45. The fraction of sp³-hybridized carbons (Fsp3) is 0.417. The molecule has 2 aromatic rings. The van der Waals surface area contributed by atoms with E-state index in [0.29, 0.717) is 35.6 Å². The summed E-state index contributed by atoms with van der Waals surface area (Å²) in [5, 5.41) is 16.9. The molecule has 3 N–H and O–H groups in total. The van der Waals surface area contributed by atoms with E-state index >= 15 is 0 Å². The third-order valence-corrected chi connectivity index (χ3v) is 7.45. The Labute approximate surface area is 205 Å². The second-order valence-electron chi connectivity index (χ2n) is 9.49. The maximum absolute atomic E-state index is 13.5. The molecule has 2 amide bonds. The summed E-state index contributed by atoms with van der Waals surface area (Å²) in [5.41, 5.74) is 0.702. The van der Waals surface area contributed by atoms with Crippen molar-refractivity contribution in [1.29, 1.82) is 0 Å². The molecule has 1 heterocycles.